The summed E-state index contributed by atoms with van der Waals surface area (Å²) in [5, 5.41) is 2.79. The van der Waals surface area contributed by atoms with Gasteiger partial charge in [0.2, 0.25) is 0 Å². The molecule has 0 aliphatic heterocycles. The lowest BCUT2D eigenvalue weighted by Crippen LogP contribution is -2.16. The third-order valence-electron chi connectivity index (χ3n) is 2.49. The second kappa shape index (κ2) is 5.46. The third-order valence-corrected chi connectivity index (χ3v) is 2.71. The van der Waals surface area contributed by atoms with Crippen molar-refractivity contribution in [2.24, 2.45) is 5.73 Å². The Bertz CT molecular complexity index is 627. The monoisotopic (exact) mass is 297 g/mol. The van der Waals surface area contributed by atoms with E-state index in [2.05, 4.69) is 10.3 Å². The van der Waals surface area contributed by atoms with Crippen molar-refractivity contribution in [3.63, 3.8) is 0 Å². The molecule has 0 fully saturated rings. The van der Waals surface area contributed by atoms with Crippen LogP contribution >= 0.6 is 12.2 Å². The Morgan fingerprint density at radius 2 is 1.75 bits per heavy atom. The molecule has 3 N–H and O–H groups in total. The number of pyridine rings is 1. The number of benzene rings is 1. The molecule has 0 saturated heterocycles. The Balaban J connectivity index is 2.45. The smallest absolute Gasteiger partial charge is 0.389 e. The number of nitrogens with two attached hydrogens (primary N) is 1. The lowest BCUT2D eigenvalue weighted by Gasteiger charge is -2.13. The Labute approximate surface area is 118 Å². The fraction of sp³-hybridized carbons (Fsp3) is 0.0769. The predicted octanol–water partition coefficient (Wildman–Crippen LogP) is 3.48. The molecule has 1 heterocycles. The average Bonchev–Trinajstić information content (AvgIpc) is 2.38. The van der Waals surface area contributed by atoms with E-state index in [-0.39, 0.29) is 16.4 Å². The maximum absolute atomic E-state index is 12.7. The van der Waals surface area contributed by atoms with Gasteiger partial charge in [-0.25, -0.2) is 4.98 Å². The van der Waals surface area contributed by atoms with E-state index in [4.69, 9.17) is 18.0 Å². The van der Waals surface area contributed by atoms with Crippen LogP contribution in [0.2, 0.25) is 0 Å². The average molecular weight is 297 g/mol. The molecule has 7 heteroatoms. The maximum Gasteiger partial charge on any atom is 0.433 e. The maximum atomic E-state index is 12.7. The van der Waals surface area contributed by atoms with E-state index < -0.39 is 11.9 Å². The van der Waals surface area contributed by atoms with E-state index >= 15 is 0 Å². The van der Waals surface area contributed by atoms with Crippen LogP contribution in [0.4, 0.5) is 24.7 Å². The van der Waals surface area contributed by atoms with E-state index in [1.54, 1.807) is 30.3 Å². The molecule has 0 spiro atoms. The van der Waals surface area contributed by atoms with Crippen LogP contribution in [0.5, 0.6) is 0 Å². The van der Waals surface area contributed by atoms with E-state index in [0.29, 0.717) is 5.69 Å². The normalized spacial score (nSPS) is 11.2. The summed E-state index contributed by atoms with van der Waals surface area (Å²) < 4.78 is 38.1. The van der Waals surface area contributed by atoms with Gasteiger partial charge in [0.05, 0.1) is 5.56 Å². The van der Waals surface area contributed by atoms with Gasteiger partial charge in [0.25, 0.3) is 0 Å². The van der Waals surface area contributed by atoms with Crippen molar-refractivity contribution in [1.29, 1.82) is 0 Å². The molecule has 1 aromatic carbocycles. The molecule has 2 aromatic rings. The molecular weight excluding hydrogens is 287 g/mol. The lowest BCUT2D eigenvalue weighted by molar-refractivity contribution is -0.141. The molecule has 0 bridgehead atoms. The minimum absolute atomic E-state index is 0.0153. The summed E-state index contributed by atoms with van der Waals surface area (Å²) in [5.41, 5.74) is 5.35. The van der Waals surface area contributed by atoms with Crippen molar-refractivity contribution in [2.45, 2.75) is 6.18 Å². The van der Waals surface area contributed by atoms with Gasteiger partial charge in [0.15, 0.2) is 0 Å². The van der Waals surface area contributed by atoms with Crippen LogP contribution in [0.1, 0.15) is 11.3 Å². The van der Waals surface area contributed by atoms with Crippen molar-refractivity contribution < 1.29 is 13.2 Å². The highest BCUT2D eigenvalue weighted by Crippen LogP contribution is 2.30. The highest BCUT2D eigenvalue weighted by atomic mass is 32.1. The topological polar surface area (TPSA) is 50.9 Å². The first-order chi connectivity index (χ1) is 9.38. The summed E-state index contributed by atoms with van der Waals surface area (Å²) in [7, 11) is 0. The van der Waals surface area contributed by atoms with Crippen molar-refractivity contribution in [3.05, 3.63) is 53.7 Å². The van der Waals surface area contributed by atoms with Crippen LogP contribution in [0.3, 0.4) is 0 Å². The van der Waals surface area contributed by atoms with Crippen molar-refractivity contribution in [3.8, 4) is 0 Å². The van der Waals surface area contributed by atoms with Crippen LogP contribution in [0, 0.1) is 0 Å². The number of thiocarbonyl (C=S) groups is 1. The number of halogens is 3. The minimum Gasteiger partial charge on any atom is -0.389 e. The number of hydrogen-bond donors (Lipinski definition) is 2. The van der Waals surface area contributed by atoms with Crippen LogP contribution in [0.25, 0.3) is 0 Å². The summed E-state index contributed by atoms with van der Waals surface area (Å²) in [6, 6.07) is 10.7. The Morgan fingerprint density at radius 3 is 2.30 bits per heavy atom. The molecule has 0 amide bonds. The fourth-order valence-corrected chi connectivity index (χ4v) is 1.73. The molecule has 104 valence electrons. The Kier molecular flexibility index (Phi) is 3.89. The second-order valence-electron chi connectivity index (χ2n) is 3.95. The van der Waals surface area contributed by atoms with Crippen LogP contribution in [-0.2, 0) is 6.18 Å². The molecule has 20 heavy (non-hydrogen) atoms. The standard InChI is InChI=1S/C13H10F3N3S/c14-13(15,16)10-7-6-9(11(17)20)12(19-10)18-8-4-2-1-3-5-8/h1-7H,(H2,17,20)(H,18,19). The van der Waals surface area contributed by atoms with Gasteiger partial charge < -0.3 is 11.1 Å². The summed E-state index contributed by atoms with van der Waals surface area (Å²) in [6.45, 7) is 0. The number of hydrogen-bond acceptors (Lipinski definition) is 3. The van der Waals surface area contributed by atoms with Crippen LogP contribution in [0.15, 0.2) is 42.5 Å². The van der Waals surface area contributed by atoms with Gasteiger partial charge >= 0.3 is 6.18 Å². The molecule has 3 nitrogen and oxygen atoms in total. The van der Waals surface area contributed by atoms with Crippen molar-refractivity contribution in [2.75, 3.05) is 5.32 Å². The summed E-state index contributed by atoms with van der Waals surface area (Å²) in [4.78, 5) is 3.53. The molecule has 0 aliphatic rings. The number of para-hydroxylation sites is 1. The van der Waals surface area contributed by atoms with Gasteiger partial charge in [-0.3, -0.25) is 0 Å². The molecule has 2 rings (SSSR count). The van der Waals surface area contributed by atoms with Crippen molar-refractivity contribution >= 4 is 28.7 Å². The minimum atomic E-state index is -4.53. The molecule has 0 atom stereocenters. The quantitative estimate of drug-likeness (QED) is 0.852. The summed E-state index contributed by atoms with van der Waals surface area (Å²) >= 11 is 4.82. The van der Waals surface area contributed by atoms with Gasteiger partial charge in [-0.05, 0) is 24.3 Å². The lowest BCUT2D eigenvalue weighted by atomic mass is 10.2. The van der Waals surface area contributed by atoms with Crippen LogP contribution in [-0.4, -0.2) is 9.97 Å². The zero-order valence-corrected chi connectivity index (χ0v) is 10.9. The van der Waals surface area contributed by atoms with Gasteiger partial charge in [-0.15, -0.1) is 0 Å². The fourth-order valence-electron chi connectivity index (χ4n) is 1.57. The molecule has 0 unspecified atom stereocenters. The third kappa shape index (κ3) is 3.24. The van der Waals surface area contributed by atoms with E-state index in [1.165, 1.54) is 6.07 Å². The first-order valence-corrected chi connectivity index (χ1v) is 5.99. The van der Waals surface area contributed by atoms with Gasteiger partial charge in [-0.2, -0.15) is 13.2 Å². The zero-order chi connectivity index (χ0) is 14.8. The van der Waals surface area contributed by atoms with E-state index in [1.807, 2.05) is 0 Å². The second-order valence-corrected chi connectivity index (χ2v) is 4.39. The number of rotatable bonds is 3. The van der Waals surface area contributed by atoms with Gasteiger partial charge in [0.1, 0.15) is 16.5 Å². The number of anilines is 2. The zero-order valence-electron chi connectivity index (χ0n) is 10.1. The number of aromatic nitrogens is 1. The van der Waals surface area contributed by atoms with Gasteiger partial charge in [-0.1, -0.05) is 30.4 Å². The highest BCUT2D eigenvalue weighted by Gasteiger charge is 2.33. The number of nitrogens with zero attached hydrogens (tertiary/aromatic N) is 1. The first kappa shape index (κ1) is 14.3. The summed E-state index contributed by atoms with van der Waals surface area (Å²) in [5.74, 6) is -0.0153. The molecule has 1 aromatic heterocycles. The number of alkyl halides is 3. The molecule has 0 aliphatic carbocycles. The Morgan fingerprint density at radius 1 is 1.10 bits per heavy atom. The SMILES string of the molecule is NC(=S)c1ccc(C(F)(F)F)nc1Nc1ccccc1. The van der Waals surface area contributed by atoms with E-state index in [0.717, 1.165) is 6.07 Å². The Hall–Kier alpha value is -2.15. The predicted molar refractivity (Wildman–Crippen MR) is 74.9 cm³/mol. The number of nitrogens with one attached hydrogen (secondary N) is 1. The first-order valence-electron chi connectivity index (χ1n) is 5.58. The molecule has 0 saturated carbocycles. The van der Waals surface area contributed by atoms with Crippen molar-refractivity contribution in [1.82, 2.24) is 4.98 Å². The molecular formula is C13H10F3N3S. The summed E-state index contributed by atoms with van der Waals surface area (Å²) in [6.07, 6.45) is -4.53. The van der Waals surface area contributed by atoms with Crippen LogP contribution < -0.4 is 11.1 Å². The highest BCUT2D eigenvalue weighted by molar-refractivity contribution is 7.80. The molecule has 0 radical (unpaired) electrons. The van der Waals surface area contributed by atoms with Gasteiger partial charge in [0, 0.05) is 5.69 Å². The largest absolute Gasteiger partial charge is 0.433 e. The van der Waals surface area contributed by atoms with E-state index in [9.17, 15) is 13.2 Å².